The SMILES string of the molecule is C[C@H]1Cn2ncc(C(=O)Nc3cccc(C#N)c3)c2C(=O)N1c1ccc(CNC2(C)CCC2)cc1. The van der Waals surface area contributed by atoms with Crippen molar-refractivity contribution in [3.63, 3.8) is 0 Å². The molecule has 5 rings (SSSR count). The van der Waals surface area contributed by atoms with E-state index in [4.69, 9.17) is 5.26 Å². The van der Waals surface area contributed by atoms with Crippen LogP contribution in [0.25, 0.3) is 0 Å². The van der Waals surface area contributed by atoms with Crippen LogP contribution in [0, 0.1) is 11.3 Å². The molecule has 1 aliphatic carbocycles. The van der Waals surface area contributed by atoms with Crippen molar-refractivity contribution in [3.8, 4) is 6.07 Å². The van der Waals surface area contributed by atoms with Crippen LogP contribution in [-0.2, 0) is 13.1 Å². The van der Waals surface area contributed by atoms with Gasteiger partial charge in [-0.1, -0.05) is 18.2 Å². The van der Waals surface area contributed by atoms with Gasteiger partial charge >= 0.3 is 0 Å². The van der Waals surface area contributed by atoms with Gasteiger partial charge in [0.25, 0.3) is 11.8 Å². The molecule has 2 N–H and O–H groups in total. The number of hydrogen-bond donors (Lipinski definition) is 2. The maximum absolute atomic E-state index is 13.6. The van der Waals surface area contributed by atoms with E-state index >= 15 is 0 Å². The summed E-state index contributed by atoms with van der Waals surface area (Å²) >= 11 is 0. The van der Waals surface area contributed by atoms with Gasteiger partial charge in [0.15, 0.2) is 0 Å². The molecule has 3 aromatic rings. The molecule has 35 heavy (non-hydrogen) atoms. The number of carbonyl (C=O) groups is 2. The molecular formula is C27H28N6O2. The summed E-state index contributed by atoms with van der Waals surface area (Å²) < 4.78 is 1.60. The van der Waals surface area contributed by atoms with Crippen LogP contribution in [0.3, 0.4) is 0 Å². The molecule has 2 aliphatic rings. The minimum Gasteiger partial charge on any atom is -0.322 e. The lowest BCUT2D eigenvalue weighted by Crippen LogP contribution is -2.48. The Morgan fingerprint density at radius 2 is 2.00 bits per heavy atom. The number of nitrogens with zero attached hydrogens (tertiary/aromatic N) is 4. The van der Waals surface area contributed by atoms with Crippen molar-refractivity contribution in [3.05, 3.63) is 77.1 Å². The summed E-state index contributed by atoms with van der Waals surface area (Å²) in [5.74, 6) is -0.694. The van der Waals surface area contributed by atoms with Crippen LogP contribution in [0.2, 0.25) is 0 Å². The number of nitriles is 1. The lowest BCUT2D eigenvalue weighted by atomic mass is 9.78. The second-order valence-corrected chi connectivity index (χ2v) is 9.69. The average Bonchev–Trinajstić information content (AvgIpc) is 3.26. The summed E-state index contributed by atoms with van der Waals surface area (Å²) in [4.78, 5) is 28.3. The van der Waals surface area contributed by atoms with Crippen LogP contribution in [-0.4, -0.2) is 33.2 Å². The minimum atomic E-state index is -0.435. The molecule has 1 aromatic heterocycles. The standard InChI is InChI=1S/C27H28N6O2/c1-18-17-32-24(23(16-30-32)25(34)31-21-6-3-5-20(13-21)14-28)26(35)33(18)22-9-7-19(8-10-22)15-29-27(2)11-4-12-27/h3,5-10,13,16,18,29H,4,11-12,15,17H2,1-2H3,(H,31,34)/t18-/m0/s1. The Morgan fingerprint density at radius 1 is 1.23 bits per heavy atom. The Hall–Kier alpha value is -3.96. The largest absolute Gasteiger partial charge is 0.322 e. The van der Waals surface area contributed by atoms with Crippen molar-refractivity contribution in [1.29, 1.82) is 5.26 Å². The zero-order chi connectivity index (χ0) is 24.6. The molecule has 0 unspecified atom stereocenters. The zero-order valence-corrected chi connectivity index (χ0v) is 19.9. The minimum absolute atomic E-state index is 0.115. The van der Waals surface area contributed by atoms with Gasteiger partial charge < -0.3 is 15.5 Å². The number of fused-ring (bicyclic) bond motifs is 1. The average molecular weight is 469 g/mol. The summed E-state index contributed by atoms with van der Waals surface area (Å²) in [7, 11) is 0. The second kappa shape index (κ2) is 9.01. The van der Waals surface area contributed by atoms with E-state index in [1.165, 1.54) is 31.0 Å². The predicted octanol–water partition coefficient (Wildman–Crippen LogP) is 4.09. The van der Waals surface area contributed by atoms with Gasteiger partial charge in [-0.2, -0.15) is 10.4 Å². The normalized spacial score (nSPS) is 18.4. The van der Waals surface area contributed by atoms with Gasteiger partial charge in [-0.15, -0.1) is 0 Å². The van der Waals surface area contributed by atoms with Crippen molar-refractivity contribution in [2.75, 3.05) is 10.2 Å². The van der Waals surface area contributed by atoms with Crippen molar-refractivity contribution >= 4 is 23.2 Å². The van der Waals surface area contributed by atoms with Crippen LogP contribution in [0.4, 0.5) is 11.4 Å². The molecule has 8 heteroatoms. The van der Waals surface area contributed by atoms with Crippen molar-refractivity contribution in [2.45, 2.75) is 57.8 Å². The topological polar surface area (TPSA) is 103 Å². The molecule has 0 bridgehead atoms. The smallest absolute Gasteiger partial charge is 0.277 e. The number of carbonyl (C=O) groups excluding carboxylic acids is 2. The number of aromatic nitrogens is 2. The van der Waals surface area contributed by atoms with E-state index in [1.54, 1.807) is 33.8 Å². The molecular weight excluding hydrogens is 440 g/mol. The first-order valence-corrected chi connectivity index (χ1v) is 11.9. The second-order valence-electron chi connectivity index (χ2n) is 9.69. The maximum atomic E-state index is 13.6. The first-order valence-electron chi connectivity index (χ1n) is 11.9. The molecule has 0 radical (unpaired) electrons. The quantitative estimate of drug-likeness (QED) is 0.567. The highest BCUT2D eigenvalue weighted by Gasteiger charge is 2.36. The van der Waals surface area contributed by atoms with Crippen LogP contribution < -0.4 is 15.5 Å². The molecule has 0 spiro atoms. The number of rotatable bonds is 6. The molecule has 2 heterocycles. The summed E-state index contributed by atoms with van der Waals surface area (Å²) in [6.45, 7) is 5.52. The fraction of sp³-hybridized carbons (Fsp3) is 0.333. The Balaban J connectivity index is 1.34. The highest BCUT2D eigenvalue weighted by molar-refractivity contribution is 6.15. The van der Waals surface area contributed by atoms with Crippen LogP contribution in [0.15, 0.2) is 54.7 Å². The van der Waals surface area contributed by atoms with E-state index < -0.39 is 5.91 Å². The van der Waals surface area contributed by atoms with E-state index in [0.29, 0.717) is 17.8 Å². The van der Waals surface area contributed by atoms with E-state index in [-0.39, 0.29) is 28.7 Å². The number of anilines is 2. The number of benzene rings is 2. The molecule has 1 aliphatic heterocycles. The van der Waals surface area contributed by atoms with Gasteiger partial charge in [0.2, 0.25) is 0 Å². The lowest BCUT2D eigenvalue weighted by Gasteiger charge is -2.39. The molecule has 178 valence electrons. The van der Waals surface area contributed by atoms with Gasteiger partial charge in [0, 0.05) is 23.5 Å². The summed E-state index contributed by atoms with van der Waals surface area (Å²) in [6.07, 6.45) is 5.12. The highest BCUT2D eigenvalue weighted by atomic mass is 16.2. The Labute approximate surface area is 204 Å². The van der Waals surface area contributed by atoms with Crippen LogP contribution in [0.5, 0.6) is 0 Å². The van der Waals surface area contributed by atoms with Crippen molar-refractivity contribution in [2.24, 2.45) is 0 Å². The first-order chi connectivity index (χ1) is 16.9. The van der Waals surface area contributed by atoms with Gasteiger partial charge in [-0.3, -0.25) is 14.3 Å². The zero-order valence-electron chi connectivity index (χ0n) is 19.9. The Morgan fingerprint density at radius 3 is 2.69 bits per heavy atom. The molecule has 0 saturated heterocycles. The lowest BCUT2D eigenvalue weighted by molar-refractivity contribution is 0.0933. The maximum Gasteiger partial charge on any atom is 0.277 e. The third kappa shape index (κ3) is 4.43. The molecule has 1 fully saturated rings. The van der Waals surface area contributed by atoms with E-state index in [1.807, 2.05) is 31.2 Å². The monoisotopic (exact) mass is 468 g/mol. The fourth-order valence-corrected chi connectivity index (χ4v) is 4.77. The third-order valence-electron chi connectivity index (χ3n) is 7.02. The van der Waals surface area contributed by atoms with Crippen molar-refractivity contribution < 1.29 is 9.59 Å². The molecule has 1 saturated carbocycles. The number of amides is 2. The summed E-state index contributed by atoms with van der Waals surface area (Å²) in [5.41, 5.74) is 3.61. The fourth-order valence-electron chi connectivity index (χ4n) is 4.77. The van der Waals surface area contributed by atoms with Gasteiger partial charge in [-0.25, -0.2) is 0 Å². The van der Waals surface area contributed by atoms with E-state index in [0.717, 1.165) is 12.2 Å². The third-order valence-corrected chi connectivity index (χ3v) is 7.02. The van der Waals surface area contributed by atoms with Crippen LogP contribution >= 0.6 is 0 Å². The van der Waals surface area contributed by atoms with Crippen molar-refractivity contribution in [1.82, 2.24) is 15.1 Å². The van der Waals surface area contributed by atoms with E-state index in [2.05, 4.69) is 28.7 Å². The van der Waals surface area contributed by atoms with Gasteiger partial charge in [-0.05, 0) is 69.0 Å². The van der Waals surface area contributed by atoms with Gasteiger partial charge in [0.05, 0.1) is 36.0 Å². The van der Waals surface area contributed by atoms with E-state index in [9.17, 15) is 9.59 Å². The molecule has 8 nitrogen and oxygen atoms in total. The Kier molecular flexibility index (Phi) is 5.87. The highest BCUT2D eigenvalue weighted by Crippen LogP contribution is 2.32. The summed E-state index contributed by atoms with van der Waals surface area (Å²) in [6, 6.07) is 16.6. The van der Waals surface area contributed by atoms with Gasteiger partial charge in [0.1, 0.15) is 5.69 Å². The molecule has 2 amide bonds. The summed E-state index contributed by atoms with van der Waals surface area (Å²) in [5, 5.41) is 19.8. The van der Waals surface area contributed by atoms with Crippen LogP contribution in [0.1, 0.15) is 65.1 Å². The number of hydrogen-bond acceptors (Lipinski definition) is 5. The Bertz CT molecular complexity index is 1320. The number of nitrogens with one attached hydrogen (secondary N) is 2. The molecule has 1 atom stereocenters. The predicted molar refractivity (Wildman–Crippen MR) is 133 cm³/mol. The molecule has 2 aromatic carbocycles. The first kappa shape index (κ1) is 22.8.